The van der Waals surface area contributed by atoms with Gasteiger partial charge in [-0.05, 0) is 13.3 Å². The monoisotopic (exact) mass is 240 g/mol. The van der Waals surface area contributed by atoms with Crippen LogP contribution in [-0.4, -0.2) is 24.7 Å². The van der Waals surface area contributed by atoms with Crippen molar-refractivity contribution in [3.8, 4) is 0 Å². The molecule has 0 unspecified atom stereocenters. The van der Waals surface area contributed by atoms with Crippen LogP contribution in [0.2, 0.25) is 0 Å². The molecule has 0 saturated heterocycles. The minimum absolute atomic E-state index is 0.655. The van der Waals surface area contributed by atoms with E-state index in [2.05, 4.69) is 23.8 Å². The molecule has 4 heteroatoms. The van der Waals surface area contributed by atoms with E-state index in [0.29, 0.717) is 6.61 Å². The lowest BCUT2D eigenvalue weighted by molar-refractivity contribution is 0.158. The maximum atomic E-state index is 5.39. The van der Waals surface area contributed by atoms with Gasteiger partial charge in [0.25, 0.3) is 0 Å². The Morgan fingerprint density at radius 1 is 1.62 bits per heavy atom. The van der Waals surface area contributed by atoms with E-state index in [0.717, 1.165) is 31.7 Å². The number of thiazole rings is 1. The van der Waals surface area contributed by atoms with Gasteiger partial charge in [-0.15, -0.1) is 11.3 Å². The molecule has 0 saturated carbocycles. The average Bonchev–Trinajstić information content (AvgIpc) is 2.70. The molecule has 1 N–H and O–H groups in total. The Morgan fingerprint density at radius 3 is 3.06 bits per heavy atom. The second-order valence-electron chi connectivity index (χ2n) is 3.76. The third kappa shape index (κ3) is 5.39. The predicted molar refractivity (Wildman–Crippen MR) is 68.8 cm³/mol. The number of nitrogens with one attached hydrogen (secondary N) is 1. The predicted octanol–water partition coefficient (Wildman–Crippen LogP) is 2.39. The molecule has 0 aliphatic heterocycles. The minimum atomic E-state index is 0.655. The van der Waals surface area contributed by atoms with Gasteiger partial charge in [-0.1, -0.05) is 19.1 Å². The standard InChI is InChI=1S/C12H20N2OS/c1-4-12-14-8-11(16-12)7-13-5-6-15-9-10(2)3/h8,13H,2,4-7,9H2,1,3H3. The summed E-state index contributed by atoms with van der Waals surface area (Å²) in [5.41, 5.74) is 1.06. The molecular weight excluding hydrogens is 220 g/mol. The van der Waals surface area contributed by atoms with Crippen LogP contribution < -0.4 is 5.32 Å². The Kier molecular flexibility index (Phi) is 6.30. The molecule has 0 fully saturated rings. The van der Waals surface area contributed by atoms with Crippen molar-refractivity contribution in [3.63, 3.8) is 0 Å². The molecule has 1 aromatic rings. The van der Waals surface area contributed by atoms with Crippen molar-refractivity contribution in [1.82, 2.24) is 10.3 Å². The van der Waals surface area contributed by atoms with E-state index in [-0.39, 0.29) is 0 Å². The van der Waals surface area contributed by atoms with Crippen molar-refractivity contribution >= 4 is 11.3 Å². The van der Waals surface area contributed by atoms with E-state index < -0.39 is 0 Å². The summed E-state index contributed by atoms with van der Waals surface area (Å²) in [5, 5.41) is 4.53. The summed E-state index contributed by atoms with van der Waals surface area (Å²) in [5.74, 6) is 0. The molecule has 1 aromatic heterocycles. The summed E-state index contributed by atoms with van der Waals surface area (Å²) in [6.45, 7) is 11.0. The molecule has 16 heavy (non-hydrogen) atoms. The van der Waals surface area contributed by atoms with Crippen LogP contribution in [0.5, 0.6) is 0 Å². The highest BCUT2D eigenvalue weighted by atomic mass is 32.1. The van der Waals surface area contributed by atoms with Gasteiger partial charge < -0.3 is 10.1 Å². The highest BCUT2D eigenvalue weighted by Crippen LogP contribution is 2.12. The highest BCUT2D eigenvalue weighted by Gasteiger charge is 1.99. The van der Waals surface area contributed by atoms with Crippen LogP contribution in [-0.2, 0) is 17.7 Å². The molecule has 0 aliphatic rings. The SMILES string of the molecule is C=C(C)COCCNCc1cnc(CC)s1. The van der Waals surface area contributed by atoms with E-state index in [1.807, 2.05) is 13.1 Å². The molecule has 0 aliphatic carbocycles. The normalized spacial score (nSPS) is 10.6. The van der Waals surface area contributed by atoms with Gasteiger partial charge >= 0.3 is 0 Å². The van der Waals surface area contributed by atoms with Crippen LogP contribution in [0.1, 0.15) is 23.7 Å². The molecule has 3 nitrogen and oxygen atoms in total. The molecule has 1 rings (SSSR count). The van der Waals surface area contributed by atoms with Gasteiger partial charge in [0.05, 0.1) is 18.2 Å². The Bertz CT molecular complexity index is 323. The fourth-order valence-corrected chi connectivity index (χ4v) is 2.03. The van der Waals surface area contributed by atoms with E-state index in [1.54, 1.807) is 11.3 Å². The first kappa shape index (κ1) is 13.4. The first-order valence-electron chi connectivity index (χ1n) is 5.58. The molecule has 0 atom stereocenters. The number of rotatable bonds is 8. The number of hydrogen-bond acceptors (Lipinski definition) is 4. The van der Waals surface area contributed by atoms with E-state index in [4.69, 9.17) is 4.74 Å². The fourth-order valence-electron chi connectivity index (χ4n) is 1.20. The lowest BCUT2D eigenvalue weighted by Gasteiger charge is -2.04. The summed E-state index contributed by atoms with van der Waals surface area (Å²) < 4.78 is 5.39. The number of aryl methyl sites for hydroxylation is 1. The van der Waals surface area contributed by atoms with Gasteiger partial charge in [-0.25, -0.2) is 4.98 Å². The van der Waals surface area contributed by atoms with Crippen LogP contribution in [0.25, 0.3) is 0 Å². The molecular formula is C12H20N2OS. The zero-order chi connectivity index (χ0) is 11.8. The van der Waals surface area contributed by atoms with Crippen LogP contribution in [0.15, 0.2) is 18.3 Å². The van der Waals surface area contributed by atoms with Gasteiger partial charge in [-0.2, -0.15) is 0 Å². The molecule has 0 spiro atoms. The van der Waals surface area contributed by atoms with E-state index >= 15 is 0 Å². The molecule has 1 heterocycles. The summed E-state index contributed by atoms with van der Waals surface area (Å²) in [7, 11) is 0. The van der Waals surface area contributed by atoms with Crippen LogP contribution in [0.4, 0.5) is 0 Å². The number of aromatic nitrogens is 1. The third-order valence-electron chi connectivity index (χ3n) is 1.97. The maximum Gasteiger partial charge on any atom is 0.0925 e. The Balaban J connectivity index is 2.04. The Hall–Kier alpha value is -0.710. The van der Waals surface area contributed by atoms with Crippen LogP contribution in [0, 0.1) is 0 Å². The molecule has 0 amide bonds. The van der Waals surface area contributed by atoms with Crippen LogP contribution in [0.3, 0.4) is 0 Å². The van der Waals surface area contributed by atoms with Crippen molar-refractivity contribution in [2.75, 3.05) is 19.8 Å². The van der Waals surface area contributed by atoms with Crippen molar-refractivity contribution in [2.45, 2.75) is 26.8 Å². The van der Waals surface area contributed by atoms with Gasteiger partial charge in [0, 0.05) is 24.2 Å². The van der Waals surface area contributed by atoms with Gasteiger partial charge in [0.2, 0.25) is 0 Å². The van der Waals surface area contributed by atoms with Gasteiger partial charge in [-0.3, -0.25) is 0 Å². The van der Waals surface area contributed by atoms with Crippen molar-refractivity contribution in [1.29, 1.82) is 0 Å². The molecule has 90 valence electrons. The lowest BCUT2D eigenvalue weighted by atomic mass is 10.4. The topological polar surface area (TPSA) is 34.1 Å². The molecule has 0 aromatic carbocycles. The highest BCUT2D eigenvalue weighted by molar-refractivity contribution is 7.11. The van der Waals surface area contributed by atoms with E-state index in [1.165, 1.54) is 9.88 Å². The second kappa shape index (κ2) is 7.54. The van der Waals surface area contributed by atoms with E-state index in [9.17, 15) is 0 Å². The third-order valence-corrected chi connectivity index (χ3v) is 3.12. The van der Waals surface area contributed by atoms with Crippen LogP contribution >= 0.6 is 11.3 Å². The van der Waals surface area contributed by atoms with Crippen molar-refractivity contribution in [3.05, 3.63) is 28.2 Å². The summed E-state index contributed by atoms with van der Waals surface area (Å²) in [6, 6.07) is 0. The minimum Gasteiger partial charge on any atom is -0.376 e. The first-order valence-corrected chi connectivity index (χ1v) is 6.40. The van der Waals surface area contributed by atoms with Gasteiger partial charge in [0.15, 0.2) is 0 Å². The summed E-state index contributed by atoms with van der Waals surface area (Å²) >= 11 is 1.77. The summed E-state index contributed by atoms with van der Waals surface area (Å²) in [6.07, 6.45) is 2.97. The quantitative estimate of drug-likeness (QED) is 0.559. The first-order chi connectivity index (χ1) is 7.72. The largest absolute Gasteiger partial charge is 0.376 e. The molecule has 0 radical (unpaired) electrons. The number of nitrogens with zero attached hydrogens (tertiary/aromatic N) is 1. The number of hydrogen-bond donors (Lipinski definition) is 1. The maximum absolute atomic E-state index is 5.39. The zero-order valence-electron chi connectivity index (χ0n) is 10.1. The fraction of sp³-hybridized carbons (Fsp3) is 0.583. The smallest absolute Gasteiger partial charge is 0.0925 e. The summed E-state index contributed by atoms with van der Waals surface area (Å²) in [4.78, 5) is 5.60. The second-order valence-corrected chi connectivity index (χ2v) is 4.96. The number of ether oxygens (including phenoxy) is 1. The van der Waals surface area contributed by atoms with Crippen molar-refractivity contribution in [2.24, 2.45) is 0 Å². The molecule has 0 bridgehead atoms. The Morgan fingerprint density at radius 2 is 2.44 bits per heavy atom. The lowest BCUT2D eigenvalue weighted by Crippen LogP contribution is -2.19. The Labute approximate surface area is 102 Å². The van der Waals surface area contributed by atoms with Crippen molar-refractivity contribution < 1.29 is 4.74 Å². The average molecular weight is 240 g/mol. The van der Waals surface area contributed by atoms with Gasteiger partial charge in [0.1, 0.15) is 0 Å². The zero-order valence-corrected chi connectivity index (χ0v) is 10.9.